The molecule has 3 atom stereocenters. The van der Waals surface area contributed by atoms with E-state index in [9.17, 15) is 13.5 Å². The maximum absolute atomic E-state index is 13.9. The summed E-state index contributed by atoms with van der Waals surface area (Å²) in [5, 5.41) is 10.9. The van der Waals surface area contributed by atoms with Gasteiger partial charge < -0.3 is 5.11 Å². The summed E-state index contributed by atoms with van der Waals surface area (Å²) < 4.78 is 29.8. The second kappa shape index (κ2) is 7.28. The van der Waals surface area contributed by atoms with E-state index in [2.05, 4.69) is 13.8 Å². The number of hydrogen-bond donors (Lipinski definition) is 1. The highest BCUT2D eigenvalue weighted by Crippen LogP contribution is 2.66. The first kappa shape index (κ1) is 20.2. The van der Waals surface area contributed by atoms with Gasteiger partial charge in [-0.3, -0.25) is 0 Å². The lowest BCUT2D eigenvalue weighted by molar-refractivity contribution is 0.0136. The molecule has 0 spiro atoms. The van der Waals surface area contributed by atoms with Crippen molar-refractivity contribution in [3.8, 4) is 0 Å². The minimum absolute atomic E-state index is 0.0791. The summed E-state index contributed by atoms with van der Waals surface area (Å²) in [5.74, 6) is 0.637. The molecule has 0 aliphatic heterocycles. The quantitative estimate of drug-likeness (QED) is 0.744. The maximum atomic E-state index is 13.9. The van der Waals surface area contributed by atoms with Crippen molar-refractivity contribution in [2.24, 2.45) is 16.7 Å². The second-order valence-electron chi connectivity index (χ2n) is 10.5. The van der Waals surface area contributed by atoms with Crippen LogP contribution >= 0.6 is 0 Å². The van der Waals surface area contributed by atoms with Crippen molar-refractivity contribution >= 4 is 10.0 Å². The van der Waals surface area contributed by atoms with Crippen LogP contribution in [0.1, 0.15) is 97.3 Å². The first-order valence-electron chi connectivity index (χ1n) is 11.5. The zero-order valence-corrected chi connectivity index (χ0v) is 18.1. The molecule has 4 fully saturated rings. The van der Waals surface area contributed by atoms with Crippen molar-refractivity contribution in [1.82, 2.24) is 4.31 Å². The third kappa shape index (κ3) is 3.30. The van der Waals surface area contributed by atoms with Crippen LogP contribution in [-0.2, 0) is 10.0 Å². The molecule has 4 aliphatic carbocycles. The third-order valence-corrected chi connectivity index (χ3v) is 11.1. The largest absolute Gasteiger partial charge is 0.392 e. The van der Waals surface area contributed by atoms with Crippen LogP contribution in [0.2, 0.25) is 0 Å². The Morgan fingerprint density at radius 3 is 1.81 bits per heavy atom. The van der Waals surface area contributed by atoms with Crippen LogP contribution in [0.15, 0.2) is 0 Å². The smallest absolute Gasteiger partial charge is 0.215 e. The minimum Gasteiger partial charge on any atom is -0.392 e. The molecule has 2 bridgehead atoms. The molecule has 4 aliphatic rings. The van der Waals surface area contributed by atoms with Gasteiger partial charge in [0.25, 0.3) is 0 Å². The normalized spacial score (nSPS) is 37.9. The van der Waals surface area contributed by atoms with Crippen LogP contribution in [0.3, 0.4) is 0 Å². The van der Waals surface area contributed by atoms with Crippen LogP contribution in [-0.4, -0.2) is 41.8 Å². The van der Waals surface area contributed by atoms with E-state index in [0.717, 1.165) is 70.6 Å². The summed E-state index contributed by atoms with van der Waals surface area (Å²) >= 11 is 0. The average Bonchev–Trinajstić information content (AvgIpc) is 2.97. The Labute approximate surface area is 166 Å². The van der Waals surface area contributed by atoms with E-state index in [4.69, 9.17) is 0 Å². The molecule has 4 nitrogen and oxygen atoms in total. The highest BCUT2D eigenvalue weighted by molar-refractivity contribution is 7.89. The van der Waals surface area contributed by atoms with Crippen LogP contribution in [0.4, 0.5) is 0 Å². The third-order valence-electron chi connectivity index (χ3n) is 9.02. The number of rotatable bonds is 5. The second-order valence-corrected chi connectivity index (χ2v) is 12.4. The van der Waals surface area contributed by atoms with E-state index in [-0.39, 0.29) is 23.3 Å². The van der Waals surface area contributed by atoms with Gasteiger partial charge in [-0.05, 0) is 56.3 Å². The van der Waals surface area contributed by atoms with Gasteiger partial charge >= 0.3 is 0 Å². The topological polar surface area (TPSA) is 57.6 Å². The Hall–Kier alpha value is -0.130. The molecule has 27 heavy (non-hydrogen) atoms. The molecule has 1 N–H and O–H groups in total. The highest BCUT2D eigenvalue weighted by Gasteiger charge is 2.65. The Balaban J connectivity index is 1.64. The first-order valence-corrected chi connectivity index (χ1v) is 13.1. The van der Waals surface area contributed by atoms with Crippen molar-refractivity contribution in [2.45, 2.75) is 116 Å². The zero-order chi connectivity index (χ0) is 19.3. The monoisotopic (exact) mass is 397 g/mol. The van der Waals surface area contributed by atoms with Gasteiger partial charge in [0, 0.05) is 17.5 Å². The van der Waals surface area contributed by atoms with Crippen molar-refractivity contribution in [3.63, 3.8) is 0 Å². The zero-order valence-electron chi connectivity index (χ0n) is 17.3. The molecule has 4 rings (SSSR count). The standard InChI is InChI=1S/C22H39NO3S/c1-21(2)17-13-14-22(21,20(24)15-17)16-27(25,26)23(18-9-5-3-6-10-18)19-11-7-4-8-12-19/h17-20,24H,3-16H2,1-2H3/t17-,20?,22-/m1/s1. The summed E-state index contributed by atoms with van der Waals surface area (Å²) in [6.07, 6.45) is 13.5. The molecule has 1 unspecified atom stereocenters. The molecule has 156 valence electrons. The summed E-state index contributed by atoms with van der Waals surface area (Å²) in [7, 11) is -3.38. The Bertz CT molecular complexity index is 616. The minimum atomic E-state index is -3.38. The van der Waals surface area contributed by atoms with E-state index in [1.165, 1.54) is 12.8 Å². The molecule has 0 heterocycles. The number of sulfonamides is 1. The van der Waals surface area contributed by atoms with Crippen molar-refractivity contribution in [1.29, 1.82) is 0 Å². The predicted molar refractivity (Wildman–Crippen MR) is 109 cm³/mol. The molecule has 0 aromatic rings. The lowest BCUT2D eigenvalue weighted by Crippen LogP contribution is -2.54. The number of aliphatic hydroxyl groups is 1. The fraction of sp³-hybridized carbons (Fsp3) is 1.00. The molecule has 0 amide bonds. The maximum Gasteiger partial charge on any atom is 0.215 e. The molecule has 0 aromatic heterocycles. The van der Waals surface area contributed by atoms with Gasteiger partial charge in [-0.25, -0.2) is 8.42 Å². The number of aliphatic hydroxyl groups excluding tert-OH is 1. The molecule has 0 aromatic carbocycles. The van der Waals surface area contributed by atoms with Gasteiger partial charge in [-0.1, -0.05) is 52.4 Å². The average molecular weight is 398 g/mol. The van der Waals surface area contributed by atoms with Crippen molar-refractivity contribution in [3.05, 3.63) is 0 Å². The summed E-state index contributed by atoms with van der Waals surface area (Å²) in [6, 6.07) is 0.393. The fourth-order valence-electron chi connectivity index (χ4n) is 7.20. The Kier molecular flexibility index (Phi) is 5.44. The summed E-state index contributed by atoms with van der Waals surface area (Å²) in [6.45, 7) is 4.42. The number of hydrogen-bond acceptors (Lipinski definition) is 3. The summed E-state index contributed by atoms with van der Waals surface area (Å²) in [5.41, 5.74) is -0.525. The van der Waals surface area contributed by atoms with E-state index < -0.39 is 21.5 Å². The highest BCUT2D eigenvalue weighted by atomic mass is 32.2. The predicted octanol–water partition coefficient (Wildman–Crippen LogP) is 4.47. The first-order chi connectivity index (χ1) is 12.8. The fourth-order valence-corrected chi connectivity index (χ4v) is 10.0. The molecular formula is C22H39NO3S. The van der Waals surface area contributed by atoms with E-state index in [0.29, 0.717) is 5.92 Å². The van der Waals surface area contributed by atoms with E-state index >= 15 is 0 Å². The van der Waals surface area contributed by atoms with Crippen LogP contribution in [0.5, 0.6) is 0 Å². The lowest BCUT2D eigenvalue weighted by Gasteiger charge is -2.45. The van der Waals surface area contributed by atoms with Crippen molar-refractivity contribution < 1.29 is 13.5 Å². The number of fused-ring (bicyclic) bond motifs is 2. The molecule has 5 heteroatoms. The number of nitrogens with zero attached hydrogens (tertiary/aromatic N) is 1. The van der Waals surface area contributed by atoms with E-state index in [1.807, 2.05) is 4.31 Å². The van der Waals surface area contributed by atoms with Gasteiger partial charge in [0.05, 0.1) is 11.9 Å². The van der Waals surface area contributed by atoms with Gasteiger partial charge in [0.1, 0.15) is 0 Å². The Morgan fingerprint density at radius 1 is 0.889 bits per heavy atom. The van der Waals surface area contributed by atoms with Crippen LogP contribution < -0.4 is 0 Å². The van der Waals surface area contributed by atoms with Crippen molar-refractivity contribution in [2.75, 3.05) is 5.75 Å². The molecule has 0 saturated heterocycles. The SMILES string of the molecule is CC1(C)[C@@H]2CC[C@@]1(CS(=O)(=O)N(C1CCCCC1)C1CCCCC1)C(O)C2. The Morgan fingerprint density at radius 2 is 1.41 bits per heavy atom. The summed E-state index contributed by atoms with van der Waals surface area (Å²) in [4.78, 5) is 0. The lowest BCUT2D eigenvalue weighted by atomic mass is 9.70. The van der Waals surface area contributed by atoms with E-state index in [1.54, 1.807) is 0 Å². The van der Waals surface area contributed by atoms with Gasteiger partial charge in [0.15, 0.2) is 0 Å². The molecule has 0 radical (unpaired) electrons. The molecular weight excluding hydrogens is 358 g/mol. The van der Waals surface area contributed by atoms with Crippen LogP contribution in [0, 0.1) is 16.7 Å². The van der Waals surface area contributed by atoms with Gasteiger partial charge in [-0.15, -0.1) is 0 Å². The van der Waals surface area contributed by atoms with Crippen LogP contribution in [0.25, 0.3) is 0 Å². The van der Waals surface area contributed by atoms with Gasteiger partial charge in [-0.2, -0.15) is 4.31 Å². The van der Waals surface area contributed by atoms with Gasteiger partial charge in [0.2, 0.25) is 10.0 Å². The molecule has 4 saturated carbocycles.